The zero-order valence-electron chi connectivity index (χ0n) is 11.8. The molecule has 0 unspecified atom stereocenters. The van der Waals surface area contributed by atoms with Crippen LogP contribution < -0.4 is 5.32 Å². The summed E-state index contributed by atoms with van der Waals surface area (Å²) in [5.74, 6) is 0.131. The lowest BCUT2D eigenvalue weighted by atomic mass is 10.2. The molecule has 5 nitrogen and oxygen atoms in total. The van der Waals surface area contributed by atoms with Gasteiger partial charge in [-0.15, -0.1) is 0 Å². The van der Waals surface area contributed by atoms with Gasteiger partial charge in [-0.25, -0.2) is 9.78 Å². The van der Waals surface area contributed by atoms with Crippen molar-refractivity contribution in [3.8, 4) is 0 Å². The molecule has 112 valence electrons. The van der Waals surface area contributed by atoms with E-state index in [-0.39, 0.29) is 18.4 Å². The quantitative estimate of drug-likeness (QED) is 0.941. The van der Waals surface area contributed by atoms with Crippen molar-refractivity contribution in [3.63, 3.8) is 0 Å². The maximum absolute atomic E-state index is 12.7. The van der Waals surface area contributed by atoms with Gasteiger partial charge in [0.1, 0.15) is 5.82 Å². The number of aryl methyl sites for hydroxylation is 1. The van der Waals surface area contributed by atoms with Gasteiger partial charge in [0, 0.05) is 25.1 Å². The molecule has 2 aromatic rings. The summed E-state index contributed by atoms with van der Waals surface area (Å²) in [7, 11) is 1.52. The second-order valence-electron chi connectivity index (χ2n) is 4.68. The van der Waals surface area contributed by atoms with E-state index in [1.54, 1.807) is 12.1 Å². The van der Waals surface area contributed by atoms with Crippen molar-refractivity contribution >= 4 is 11.7 Å². The predicted molar refractivity (Wildman–Crippen MR) is 75.1 cm³/mol. The van der Waals surface area contributed by atoms with Gasteiger partial charge in [-0.1, -0.05) is 17.7 Å². The van der Waals surface area contributed by atoms with Crippen molar-refractivity contribution in [2.45, 2.75) is 20.0 Å². The van der Waals surface area contributed by atoms with Crippen LogP contribution in [0.2, 0.25) is 0 Å². The molecule has 0 aliphatic rings. The molecular formula is C14H16F2N4O. The molecule has 2 rings (SSSR count). The zero-order valence-corrected chi connectivity index (χ0v) is 11.8. The summed E-state index contributed by atoms with van der Waals surface area (Å²) in [6, 6.07) is 6.92. The molecule has 0 fully saturated rings. The van der Waals surface area contributed by atoms with Gasteiger partial charge in [0.2, 0.25) is 0 Å². The number of hydrogen-bond acceptors (Lipinski definition) is 2. The number of benzene rings is 1. The Morgan fingerprint density at radius 1 is 1.38 bits per heavy atom. The molecule has 21 heavy (non-hydrogen) atoms. The number of aromatic nitrogens is 2. The van der Waals surface area contributed by atoms with E-state index in [0.29, 0.717) is 5.69 Å². The summed E-state index contributed by atoms with van der Waals surface area (Å²) in [5, 5.41) is 2.69. The van der Waals surface area contributed by atoms with Crippen LogP contribution in [0.15, 0.2) is 36.7 Å². The average molecular weight is 294 g/mol. The number of hydrogen-bond donors (Lipinski definition) is 1. The van der Waals surface area contributed by atoms with Gasteiger partial charge < -0.3 is 10.2 Å². The van der Waals surface area contributed by atoms with Gasteiger partial charge >= 0.3 is 12.6 Å². The van der Waals surface area contributed by atoms with Crippen molar-refractivity contribution in [1.29, 1.82) is 0 Å². The number of nitrogens with one attached hydrogen (secondary N) is 1. The number of rotatable bonds is 4. The van der Waals surface area contributed by atoms with Crippen LogP contribution in [0.25, 0.3) is 0 Å². The number of carbonyl (C=O) groups is 1. The van der Waals surface area contributed by atoms with Crippen molar-refractivity contribution < 1.29 is 13.6 Å². The summed E-state index contributed by atoms with van der Waals surface area (Å²) in [5.41, 5.74) is 1.73. The van der Waals surface area contributed by atoms with Crippen LogP contribution in [0.3, 0.4) is 0 Å². The van der Waals surface area contributed by atoms with Crippen molar-refractivity contribution in [3.05, 3.63) is 48.0 Å². The Kier molecular flexibility index (Phi) is 4.52. The number of anilines is 1. The molecule has 1 heterocycles. The van der Waals surface area contributed by atoms with E-state index < -0.39 is 6.55 Å². The lowest BCUT2D eigenvalue weighted by Gasteiger charge is -2.18. The molecule has 0 saturated heterocycles. The Bertz CT molecular complexity index is 610. The van der Waals surface area contributed by atoms with E-state index in [1.165, 1.54) is 24.3 Å². The standard InChI is InChI=1S/C14H16F2N4O/c1-10-3-5-11(6-4-10)18-14(21)19(2)9-12-17-7-8-20(12)13(15)16/h3-8,13H,9H2,1-2H3,(H,18,21). The van der Waals surface area contributed by atoms with Gasteiger partial charge in [-0.3, -0.25) is 4.57 Å². The van der Waals surface area contributed by atoms with Crippen LogP contribution in [-0.2, 0) is 6.54 Å². The topological polar surface area (TPSA) is 50.2 Å². The first kappa shape index (κ1) is 15.0. The minimum Gasteiger partial charge on any atom is -0.320 e. The highest BCUT2D eigenvalue weighted by Crippen LogP contribution is 2.14. The van der Waals surface area contributed by atoms with Crippen LogP contribution in [0.1, 0.15) is 17.9 Å². The van der Waals surface area contributed by atoms with Crippen molar-refractivity contribution in [1.82, 2.24) is 14.5 Å². The number of imidazole rings is 1. The third-order valence-corrected chi connectivity index (χ3v) is 2.99. The highest BCUT2D eigenvalue weighted by Gasteiger charge is 2.16. The average Bonchev–Trinajstić information content (AvgIpc) is 2.89. The van der Waals surface area contributed by atoms with Crippen LogP contribution in [0.4, 0.5) is 19.3 Å². The third-order valence-electron chi connectivity index (χ3n) is 2.99. The molecule has 0 saturated carbocycles. The first-order valence-electron chi connectivity index (χ1n) is 6.36. The second-order valence-corrected chi connectivity index (χ2v) is 4.68. The Morgan fingerprint density at radius 2 is 2.05 bits per heavy atom. The summed E-state index contributed by atoms with van der Waals surface area (Å²) in [6.45, 7) is -0.729. The predicted octanol–water partition coefficient (Wildman–Crippen LogP) is 3.25. The van der Waals surface area contributed by atoms with Crippen LogP contribution >= 0.6 is 0 Å². The molecule has 0 spiro atoms. The normalized spacial score (nSPS) is 10.7. The molecule has 0 aliphatic heterocycles. The van der Waals surface area contributed by atoms with Gasteiger partial charge in [-0.05, 0) is 19.1 Å². The fraction of sp³-hybridized carbons (Fsp3) is 0.286. The van der Waals surface area contributed by atoms with E-state index in [0.717, 1.165) is 10.1 Å². The monoisotopic (exact) mass is 294 g/mol. The maximum Gasteiger partial charge on any atom is 0.321 e. The molecule has 7 heteroatoms. The highest BCUT2D eigenvalue weighted by molar-refractivity contribution is 5.89. The smallest absolute Gasteiger partial charge is 0.320 e. The maximum atomic E-state index is 12.7. The Hall–Kier alpha value is -2.44. The second kappa shape index (κ2) is 6.34. The zero-order chi connectivity index (χ0) is 15.4. The minimum absolute atomic E-state index is 0.00493. The summed E-state index contributed by atoms with van der Waals surface area (Å²) >= 11 is 0. The van der Waals surface area contributed by atoms with Gasteiger partial charge in [0.05, 0.1) is 6.54 Å². The van der Waals surface area contributed by atoms with E-state index in [2.05, 4.69) is 10.3 Å². The minimum atomic E-state index is -2.67. The third kappa shape index (κ3) is 3.77. The Morgan fingerprint density at radius 3 is 2.67 bits per heavy atom. The summed E-state index contributed by atoms with van der Waals surface area (Å²) < 4.78 is 26.1. The molecular weight excluding hydrogens is 278 g/mol. The number of amides is 2. The van der Waals surface area contributed by atoms with Gasteiger partial charge in [0.15, 0.2) is 0 Å². The number of urea groups is 1. The molecule has 0 atom stereocenters. The lowest BCUT2D eigenvalue weighted by molar-refractivity contribution is 0.0652. The number of nitrogens with zero attached hydrogens (tertiary/aromatic N) is 3. The van der Waals surface area contributed by atoms with E-state index in [4.69, 9.17) is 0 Å². The fourth-order valence-corrected chi connectivity index (χ4v) is 1.78. The van der Waals surface area contributed by atoms with Crippen LogP contribution in [-0.4, -0.2) is 27.5 Å². The molecule has 1 aromatic carbocycles. The van der Waals surface area contributed by atoms with E-state index >= 15 is 0 Å². The Balaban J connectivity index is 1.99. The van der Waals surface area contributed by atoms with Gasteiger partial charge in [0.25, 0.3) is 0 Å². The van der Waals surface area contributed by atoms with Crippen molar-refractivity contribution in [2.75, 3.05) is 12.4 Å². The van der Waals surface area contributed by atoms with Crippen LogP contribution in [0, 0.1) is 6.92 Å². The van der Waals surface area contributed by atoms with E-state index in [9.17, 15) is 13.6 Å². The Labute approximate surface area is 121 Å². The molecule has 1 N–H and O–H groups in total. The van der Waals surface area contributed by atoms with Crippen LogP contribution in [0.5, 0.6) is 0 Å². The number of halogens is 2. The molecule has 2 amide bonds. The summed E-state index contributed by atoms with van der Waals surface area (Å²) in [4.78, 5) is 17.1. The van der Waals surface area contributed by atoms with Gasteiger partial charge in [-0.2, -0.15) is 8.78 Å². The largest absolute Gasteiger partial charge is 0.321 e. The number of alkyl halides is 2. The van der Waals surface area contributed by atoms with Crippen molar-refractivity contribution in [2.24, 2.45) is 0 Å². The molecule has 1 aromatic heterocycles. The molecule has 0 aliphatic carbocycles. The summed E-state index contributed by atoms with van der Waals surface area (Å²) in [6.07, 6.45) is 2.47. The fourth-order valence-electron chi connectivity index (χ4n) is 1.78. The first-order valence-corrected chi connectivity index (χ1v) is 6.36. The molecule has 0 bridgehead atoms. The highest BCUT2D eigenvalue weighted by atomic mass is 19.3. The first-order chi connectivity index (χ1) is 9.97. The lowest BCUT2D eigenvalue weighted by Crippen LogP contribution is -2.32. The van der Waals surface area contributed by atoms with E-state index in [1.807, 2.05) is 19.1 Å². The molecule has 0 radical (unpaired) electrons. The SMILES string of the molecule is Cc1ccc(NC(=O)N(C)Cc2nccn2C(F)F)cc1. The number of carbonyl (C=O) groups excluding carboxylic acids is 1.